The Morgan fingerprint density at radius 2 is 2.32 bits per heavy atom. The largest absolute Gasteiger partial charge is 0.394 e. The van der Waals surface area contributed by atoms with Crippen molar-refractivity contribution < 1.29 is 14.8 Å². The third kappa shape index (κ3) is 2.62. The van der Waals surface area contributed by atoms with Gasteiger partial charge in [-0.2, -0.15) is 0 Å². The van der Waals surface area contributed by atoms with E-state index in [2.05, 4.69) is 15.9 Å². The monoisotopic (exact) mass is 328 g/mol. The number of carbonyl (C=O) groups excluding carboxylic acids is 1. The number of nitrogens with zero attached hydrogens (tertiary/aromatic N) is 2. The van der Waals surface area contributed by atoms with E-state index in [0.29, 0.717) is 6.54 Å². The number of halogens is 1. The van der Waals surface area contributed by atoms with Crippen molar-refractivity contribution in [2.24, 2.45) is 0 Å². The molecule has 0 radical (unpaired) electrons. The highest BCUT2D eigenvalue weighted by Gasteiger charge is 2.31. The molecule has 1 aliphatic rings. The summed E-state index contributed by atoms with van der Waals surface area (Å²) in [5, 5.41) is 20.1. The van der Waals surface area contributed by atoms with Crippen LogP contribution in [0.15, 0.2) is 22.7 Å². The number of nitro groups is 1. The van der Waals surface area contributed by atoms with E-state index in [0.717, 1.165) is 12.8 Å². The molecule has 1 aromatic carbocycles. The van der Waals surface area contributed by atoms with Crippen molar-refractivity contribution in [3.05, 3.63) is 38.3 Å². The Labute approximate surface area is 118 Å². The third-order valence-corrected chi connectivity index (χ3v) is 4.09. The quantitative estimate of drug-likeness (QED) is 0.679. The molecule has 1 aromatic rings. The lowest BCUT2D eigenvalue weighted by molar-refractivity contribution is -0.385. The highest BCUT2D eigenvalue weighted by atomic mass is 79.9. The predicted octanol–water partition coefficient (Wildman–Crippen LogP) is 1.95. The van der Waals surface area contributed by atoms with Crippen LogP contribution in [0.2, 0.25) is 0 Å². The molecule has 1 aliphatic heterocycles. The second-order valence-corrected chi connectivity index (χ2v) is 5.17. The van der Waals surface area contributed by atoms with Crippen LogP contribution in [0.1, 0.15) is 23.2 Å². The van der Waals surface area contributed by atoms with E-state index in [1.165, 1.54) is 12.1 Å². The van der Waals surface area contributed by atoms with Crippen LogP contribution in [0.3, 0.4) is 0 Å². The van der Waals surface area contributed by atoms with Crippen molar-refractivity contribution >= 4 is 27.5 Å². The lowest BCUT2D eigenvalue weighted by Gasteiger charge is -2.23. The van der Waals surface area contributed by atoms with Crippen molar-refractivity contribution in [1.82, 2.24) is 4.90 Å². The molecule has 19 heavy (non-hydrogen) atoms. The van der Waals surface area contributed by atoms with Crippen LogP contribution in [-0.2, 0) is 0 Å². The Kier molecular flexibility index (Phi) is 4.16. The van der Waals surface area contributed by atoms with E-state index in [4.69, 9.17) is 0 Å². The van der Waals surface area contributed by atoms with Gasteiger partial charge in [-0.3, -0.25) is 14.9 Å². The van der Waals surface area contributed by atoms with Crippen molar-refractivity contribution in [3.8, 4) is 0 Å². The van der Waals surface area contributed by atoms with Gasteiger partial charge in [0.25, 0.3) is 11.6 Å². The first-order chi connectivity index (χ1) is 9.06. The van der Waals surface area contributed by atoms with Crippen LogP contribution in [0, 0.1) is 10.1 Å². The Morgan fingerprint density at radius 3 is 2.95 bits per heavy atom. The molecule has 1 fully saturated rings. The summed E-state index contributed by atoms with van der Waals surface area (Å²) in [6.07, 6.45) is 1.60. The second kappa shape index (κ2) is 5.66. The molecule has 0 aliphatic carbocycles. The fraction of sp³-hybridized carbons (Fsp3) is 0.417. The van der Waals surface area contributed by atoms with Crippen LogP contribution in [0.4, 0.5) is 5.69 Å². The fourth-order valence-corrected chi connectivity index (χ4v) is 2.85. The summed E-state index contributed by atoms with van der Waals surface area (Å²) in [5.41, 5.74) is 0.125. The average molecular weight is 329 g/mol. The van der Waals surface area contributed by atoms with Gasteiger partial charge < -0.3 is 10.0 Å². The summed E-state index contributed by atoms with van der Waals surface area (Å²) in [6, 6.07) is 4.18. The van der Waals surface area contributed by atoms with Crippen LogP contribution >= 0.6 is 15.9 Å². The zero-order valence-corrected chi connectivity index (χ0v) is 11.7. The number of hydrogen-bond donors (Lipinski definition) is 1. The van der Waals surface area contributed by atoms with Crippen LogP contribution in [0.5, 0.6) is 0 Å². The minimum absolute atomic E-state index is 0.0850. The number of aliphatic hydroxyl groups is 1. The van der Waals surface area contributed by atoms with Gasteiger partial charge in [0.15, 0.2) is 0 Å². The Hall–Kier alpha value is -1.47. The van der Waals surface area contributed by atoms with Crippen LogP contribution in [-0.4, -0.2) is 40.0 Å². The number of amides is 1. The third-order valence-electron chi connectivity index (χ3n) is 3.25. The van der Waals surface area contributed by atoms with E-state index < -0.39 is 4.92 Å². The maximum atomic E-state index is 12.4. The predicted molar refractivity (Wildman–Crippen MR) is 71.9 cm³/mol. The molecule has 102 valence electrons. The lowest BCUT2D eigenvalue weighted by atomic mass is 10.1. The average Bonchev–Trinajstić information content (AvgIpc) is 2.86. The molecule has 1 amide bonds. The maximum absolute atomic E-state index is 12.4. The van der Waals surface area contributed by atoms with Crippen molar-refractivity contribution in [3.63, 3.8) is 0 Å². The number of likely N-dealkylation sites (tertiary alicyclic amines) is 1. The first-order valence-electron chi connectivity index (χ1n) is 5.91. The van der Waals surface area contributed by atoms with Gasteiger partial charge in [-0.25, -0.2) is 0 Å². The maximum Gasteiger partial charge on any atom is 0.284 e. The molecular weight excluding hydrogens is 316 g/mol. The summed E-state index contributed by atoms with van der Waals surface area (Å²) in [5.74, 6) is -0.285. The van der Waals surface area contributed by atoms with Gasteiger partial charge in [-0.05, 0) is 34.8 Å². The minimum atomic E-state index is -0.533. The smallest absolute Gasteiger partial charge is 0.284 e. The summed E-state index contributed by atoms with van der Waals surface area (Å²) < 4.78 is 0.189. The van der Waals surface area contributed by atoms with Crippen LogP contribution < -0.4 is 0 Å². The summed E-state index contributed by atoms with van der Waals surface area (Å²) in [6.45, 7) is 0.484. The number of aliphatic hydroxyl groups excluding tert-OH is 1. The van der Waals surface area contributed by atoms with Gasteiger partial charge in [-0.15, -0.1) is 0 Å². The zero-order chi connectivity index (χ0) is 14.0. The van der Waals surface area contributed by atoms with Crippen LogP contribution in [0.25, 0.3) is 0 Å². The highest BCUT2D eigenvalue weighted by molar-refractivity contribution is 9.10. The second-order valence-electron chi connectivity index (χ2n) is 4.37. The van der Waals surface area contributed by atoms with Gasteiger partial charge in [0.1, 0.15) is 4.47 Å². The topological polar surface area (TPSA) is 83.7 Å². The van der Waals surface area contributed by atoms with Crippen molar-refractivity contribution in [2.75, 3.05) is 13.2 Å². The molecule has 0 bridgehead atoms. The zero-order valence-electron chi connectivity index (χ0n) is 10.1. The SMILES string of the molecule is O=C(c1cccc([N+](=O)[O-])c1Br)N1CCC[C@@H]1CO. The fourth-order valence-electron chi connectivity index (χ4n) is 2.27. The molecule has 1 saturated heterocycles. The Balaban J connectivity index is 2.34. The summed E-state index contributed by atoms with van der Waals surface area (Å²) in [4.78, 5) is 24.3. The van der Waals surface area contributed by atoms with Crippen molar-refractivity contribution in [1.29, 1.82) is 0 Å². The number of rotatable bonds is 3. The molecular formula is C12H13BrN2O4. The molecule has 0 unspecified atom stereocenters. The molecule has 0 spiro atoms. The molecule has 2 rings (SSSR count). The van der Waals surface area contributed by atoms with E-state index in [9.17, 15) is 20.0 Å². The van der Waals surface area contributed by atoms with Gasteiger partial charge in [0.05, 0.1) is 23.1 Å². The Bertz CT molecular complexity index is 520. The van der Waals surface area contributed by atoms with Gasteiger partial charge in [0.2, 0.25) is 0 Å². The lowest BCUT2D eigenvalue weighted by Crippen LogP contribution is -2.37. The molecule has 1 heterocycles. The Morgan fingerprint density at radius 1 is 1.58 bits per heavy atom. The molecule has 1 N–H and O–H groups in total. The number of nitro benzene ring substituents is 1. The van der Waals surface area contributed by atoms with E-state index >= 15 is 0 Å². The molecule has 0 saturated carbocycles. The standard InChI is InChI=1S/C12H13BrN2O4/c13-11-9(4-1-5-10(11)15(18)19)12(17)14-6-2-3-8(14)7-16/h1,4-5,8,16H,2-3,6-7H2/t8-/m1/s1. The van der Waals surface area contributed by atoms with E-state index in [1.807, 2.05) is 0 Å². The van der Waals surface area contributed by atoms with Gasteiger partial charge in [0, 0.05) is 12.6 Å². The molecule has 7 heteroatoms. The summed E-state index contributed by atoms with van der Waals surface area (Å²) in [7, 11) is 0. The minimum Gasteiger partial charge on any atom is -0.394 e. The molecule has 0 aromatic heterocycles. The normalized spacial score (nSPS) is 18.6. The first kappa shape index (κ1) is 14.0. The van der Waals surface area contributed by atoms with E-state index in [1.54, 1.807) is 11.0 Å². The van der Waals surface area contributed by atoms with Crippen molar-refractivity contribution in [2.45, 2.75) is 18.9 Å². The number of carbonyl (C=O) groups is 1. The summed E-state index contributed by atoms with van der Waals surface area (Å²) >= 11 is 3.12. The first-order valence-corrected chi connectivity index (χ1v) is 6.70. The van der Waals surface area contributed by atoms with Gasteiger partial charge in [-0.1, -0.05) is 6.07 Å². The highest BCUT2D eigenvalue weighted by Crippen LogP contribution is 2.30. The van der Waals surface area contributed by atoms with E-state index in [-0.39, 0.29) is 34.3 Å². The number of benzene rings is 1. The van der Waals surface area contributed by atoms with Gasteiger partial charge >= 0.3 is 0 Å². The molecule has 1 atom stereocenters. The number of hydrogen-bond acceptors (Lipinski definition) is 4. The molecule has 6 nitrogen and oxygen atoms in total.